The maximum atomic E-state index is 11.3. The molecule has 0 radical (unpaired) electrons. The highest BCUT2D eigenvalue weighted by atomic mass is 32.2. The minimum absolute atomic E-state index is 0.159. The predicted octanol–water partition coefficient (Wildman–Crippen LogP) is 0.671. The van der Waals surface area contributed by atoms with E-state index in [0.717, 1.165) is 13.0 Å². The van der Waals surface area contributed by atoms with Gasteiger partial charge in [-0.25, -0.2) is 12.7 Å². The van der Waals surface area contributed by atoms with Crippen LogP contribution in [0.4, 0.5) is 0 Å². The monoisotopic (exact) mass is 266 g/mol. The summed E-state index contributed by atoms with van der Waals surface area (Å²) in [5.74, 6) is 0. The van der Waals surface area contributed by atoms with E-state index >= 15 is 0 Å². The molecule has 0 bridgehead atoms. The van der Waals surface area contributed by atoms with Gasteiger partial charge in [-0.1, -0.05) is 6.92 Å². The first-order chi connectivity index (χ1) is 7.82. The first kappa shape index (κ1) is 16.8. The molecular weight excluding hydrogens is 240 g/mol. The largest absolute Gasteiger partial charge is 0.380 e. The van der Waals surface area contributed by atoms with Crippen molar-refractivity contribution in [3.05, 3.63) is 0 Å². The number of ether oxygens (including phenoxy) is 1. The second-order valence-corrected chi connectivity index (χ2v) is 6.27. The zero-order valence-corrected chi connectivity index (χ0v) is 12.4. The summed E-state index contributed by atoms with van der Waals surface area (Å²) in [7, 11) is -1.37. The number of hydrogen-bond acceptors (Lipinski definition) is 4. The Balaban J connectivity index is 3.84. The molecule has 0 aromatic rings. The molecule has 5 nitrogen and oxygen atoms in total. The van der Waals surface area contributed by atoms with Crippen LogP contribution in [0.2, 0.25) is 0 Å². The third kappa shape index (κ3) is 6.98. The second-order valence-electron chi connectivity index (χ2n) is 4.29. The molecule has 0 heterocycles. The number of sulfonamides is 1. The Morgan fingerprint density at radius 1 is 1.35 bits per heavy atom. The van der Waals surface area contributed by atoms with Crippen molar-refractivity contribution in [1.29, 1.82) is 0 Å². The van der Waals surface area contributed by atoms with Crippen molar-refractivity contribution in [3.8, 4) is 0 Å². The first-order valence-electron chi connectivity index (χ1n) is 6.04. The predicted molar refractivity (Wildman–Crippen MR) is 70.6 cm³/mol. The first-order valence-corrected chi connectivity index (χ1v) is 7.89. The van der Waals surface area contributed by atoms with Crippen molar-refractivity contribution in [1.82, 2.24) is 9.62 Å². The molecule has 0 saturated carbocycles. The average molecular weight is 266 g/mol. The summed E-state index contributed by atoms with van der Waals surface area (Å²) in [6.07, 6.45) is 2.22. The number of rotatable bonds is 9. The van der Waals surface area contributed by atoms with E-state index in [1.807, 2.05) is 13.8 Å². The standard InChI is InChI=1S/C11H26N2O3S/c1-6-13(17(5,14)15)9-7-8-12-10(2)11(3)16-4/h10-12H,6-9H2,1-5H3. The molecule has 0 saturated heterocycles. The average Bonchev–Trinajstić information content (AvgIpc) is 2.25. The van der Waals surface area contributed by atoms with E-state index < -0.39 is 10.0 Å². The Kier molecular flexibility index (Phi) is 7.94. The molecule has 0 aliphatic carbocycles. The van der Waals surface area contributed by atoms with Crippen molar-refractivity contribution in [3.63, 3.8) is 0 Å². The van der Waals surface area contributed by atoms with Crippen molar-refractivity contribution >= 4 is 10.0 Å². The van der Waals surface area contributed by atoms with Gasteiger partial charge in [0.05, 0.1) is 12.4 Å². The summed E-state index contributed by atoms with van der Waals surface area (Å²) in [6, 6.07) is 0.272. The summed E-state index contributed by atoms with van der Waals surface area (Å²) in [5.41, 5.74) is 0. The van der Waals surface area contributed by atoms with Gasteiger partial charge in [-0.3, -0.25) is 0 Å². The van der Waals surface area contributed by atoms with Crippen LogP contribution in [-0.2, 0) is 14.8 Å². The van der Waals surface area contributed by atoms with E-state index in [-0.39, 0.29) is 12.1 Å². The molecule has 1 N–H and O–H groups in total. The third-order valence-electron chi connectivity index (χ3n) is 2.95. The van der Waals surface area contributed by atoms with E-state index in [0.29, 0.717) is 13.1 Å². The SMILES string of the molecule is CCN(CCCNC(C)C(C)OC)S(C)(=O)=O. The normalized spacial score (nSPS) is 16.1. The fraction of sp³-hybridized carbons (Fsp3) is 1.00. The van der Waals surface area contributed by atoms with Gasteiger partial charge >= 0.3 is 0 Å². The molecule has 104 valence electrons. The molecule has 6 heteroatoms. The van der Waals surface area contributed by atoms with Crippen LogP contribution in [0, 0.1) is 0 Å². The summed E-state index contributed by atoms with van der Waals surface area (Å²) in [5, 5.41) is 3.32. The van der Waals surface area contributed by atoms with E-state index in [9.17, 15) is 8.42 Å². The van der Waals surface area contributed by atoms with E-state index in [1.165, 1.54) is 10.6 Å². The highest BCUT2D eigenvalue weighted by molar-refractivity contribution is 7.88. The van der Waals surface area contributed by atoms with Gasteiger partial charge in [0, 0.05) is 26.2 Å². The fourth-order valence-electron chi connectivity index (χ4n) is 1.51. The van der Waals surface area contributed by atoms with Gasteiger partial charge in [-0.15, -0.1) is 0 Å². The van der Waals surface area contributed by atoms with Gasteiger partial charge in [-0.2, -0.15) is 0 Å². The van der Waals surface area contributed by atoms with Crippen LogP contribution in [0.5, 0.6) is 0 Å². The Labute approximate surface area is 106 Å². The molecule has 2 unspecified atom stereocenters. The fourth-order valence-corrected chi connectivity index (χ4v) is 2.44. The number of nitrogens with one attached hydrogen (secondary N) is 1. The lowest BCUT2D eigenvalue weighted by Crippen LogP contribution is -2.39. The minimum atomic E-state index is -3.06. The number of hydrogen-bond donors (Lipinski definition) is 1. The van der Waals surface area contributed by atoms with Gasteiger partial charge in [-0.05, 0) is 26.8 Å². The molecule has 2 atom stereocenters. The highest BCUT2D eigenvalue weighted by Gasteiger charge is 2.14. The van der Waals surface area contributed by atoms with E-state index in [4.69, 9.17) is 4.74 Å². The van der Waals surface area contributed by atoms with Crippen molar-refractivity contribution in [2.75, 3.05) is 33.0 Å². The van der Waals surface area contributed by atoms with E-state index in [1.54, 1.807) is 7.11 Å². The summed E-state index contributed by atoms with van der Waals surface area (Å²) in [4.78, 5) is 0. The lowest BCUT2D eigenvalue weighted by Gasteiger charge is -2.21. The van der Waals surface area contributed by atoms with Gasteiger partial charge in [0.25, 0.3) is 0 Å². The smallest absolute Gasteiger partial charge is 0.211 e. The zero-order chi connectivity index (χ0) is 13.5. The van der Waals surface area contributed by atoms with Crippen LogP contribution in [-0.4, -0.2) is 57.9 Å². The number of nitrogens with zero attached hydrogens (tertiary/aromatic N) is 1. The van der Waals surface area contributed by atoms with Crippen LogP contribution in [0.1, 0.15) is 27.2 Å². The Morgan fingerprint density at radius 2 is 1.94 bits per heavy atom. The molecule has 0 spiro atoms. The second kappa shape index (κ2) is 8.02. The maximum Gasteiger partial charge on any atom is 0.211 e. The van der Waals surface area contributed by atoms with Gasteiger partial charge < -0.3 is 10.1 Å². The maximum absolute atomic E-state index is 11.3. The quantitative estimate of drug-likeness (QED) is 0.623. The number of methoxy groups -OCH3 is 1. The van der Waals surface area contributed by atoms with Crippen molar-refractivity contribution in [2.24, 2.45) is 0 Å². The zero-order valence-electron chi connectivity index (χ0n) is 11.6. The summed E-state index contributed by atoms with van der Waals surface area (Å²) >= 11 is 0. The lowest BCUT2D eigenvalue weighted by atomic mass is 10.2. The molecule has 0 aromatic heterocycles. The molecular formula is C11H26N2O3S. The molecule has 0 amide bonds. The molecule has 0 aliphatic heterocycles. The lowest BCUT2D eigenvalue weighted by molar-refractivity contribution is 0.0886. The minimum Gasteiger partial charge on any atom is -0.380 e. The van der Waals surface area contributed by atoms with E-state index in [2.05, 4.69) is 12.2 Å². The van der Waals surface area contributed by atoms with Gasteiger partial charge in [0.2, 0.25) is 10.0 Å². The van der Waals surface area contributed by atoms with Crippen LogP contribution < -0.4 is 5.32 Å². The topological polar surface area (TPSA) is 58.6 Å². The van der Waals surface area contributed by atoms with Gasteiger partial charge in [0.1, 0.15) is 0 Å². The van der Waals surface area contributed by atoms with Crippen molar-refractivity contribution < 1.29 is 13.2 Å². The Bertz CT molecular complexity index is 293. The molecule has 0 rings (SSSR count). The summed E-state index contributed by atoms with van der Waals surface area (Å²) < 4.78 is 29.3. The molecule has 0 aromatic carbocycles. The van der Waals surface area contributed by atoms with Gasteiger partial charge in [0.15, 0.2) is 0 Å². The van der Waals surface area contributed by atoms with Crippen LogP contribution in [0.25, 0.3) is 0 Å². The highest BCUT2D eigenvalue weighted by Crippen LogP contribution is 2.00. The molecule has 0 fully saturated rings. The summed E-state index contributed by atoms with van der Waals surface area (Å²) in [6.45, 7) is 7.80. The molecule has 17 heavy (non-hydrogen) atoms. The Hall–Kier alpha value is -0.170. The van der Waals surface area contributed by atoms with Crippen LogP contribution >= 0.6 is 0 Å². The molecule has 0 aliphatic rings. The van der Waals surface area contributed by atoms with Crippen LogP contribution in [0.15, 0.2) is 0 Å². The van der Waals surface area contributed by atoms with Crippen molar-refractivity contribution in [2.45, 2.75) is 39.3 Å². The van der Waals surface area contributed by atoms with Crippen LogP contribution in [0.3, 0.4) is 0 Å². The Morgan fingerprint density at radius 3 is 2.35 bits per heavy atom. The third-order valence-corrected chi connectivity index (χ3v) is 4.33.